The molecule has 3 rings (SSSR count). The number of ether oxygens (including phenoxy) is 1. The minimum atomic E-state index is -0.306. The molecule has 0 radical (unpaired) electrons. The zero-order valence-electron chi connectivity index (χ0n) is 19.3. The minimum absolute atomic E-state index is 0.202. The van der Waals surface area contributed by atoms with E-state index in [2.05, 4.69) is 66.5 Å². The van der Waals surface area contributed by atoms with Gasteiger partial charge in [0.15, 0.2) is 5.82 Å². The lowest BCUT2D eigenvalue weighted by atomic mass is 9.76. The summed E-state index contributed by atoms with van der Waals surface area (Å²) in [5.74, 6) is 0.259. The highest BCUT2D eigenvalue weighted by Crippen LogP contribution is 2.41. The highest BCUT2D eigenvalue weighted by Gasteiger charge is 2.26. The molecule has 0 saturated carbocycles. The van der Waals surface area contributed by atoms with Gasteiger partial charge in [0.05, 0.1) is 12.8 Å². The molecule has 0 atom stereocenters. The second-order valence-corrected chi connectivity index (χ2v) is 9.54. The predicted octanol–water partition coefficient (Wildman–Crippen LogP) is 4.31. The molecule has 0 bridgehead atoms. The van der Waals surface area contributed by atoms with Crippen molar-refractivity contribution in [3.8, 4) is 0 Å². The third-order valence-corrected chi connectivity index (χ3v) is 5.99. The maximum absolute atomic E-state index is 12.7. The van der Waals surface area contributed by atoms with E-state index in [9.17, 15) is 4.79 Å². The fourth-order valence-electron chi connectivity index (χ4n) is 3.83. The summed E-state index contributed by atoms with van der Waals surface area (Å²) < 4.78 is 5.18. The van der Waals surface area contributed by atoms with Crippen molar-refractivity contribution in [2.24, 2.45) is 5.41 Å². The maximum Gasteiger partial charge on any atom is 0.291 e. The SMILES string of the molecule is COCCNC(C)(C)c1ccc(NC(=O)c2ncc(N)[nH]2)c(C2=CCC(C)(C)CC2)c1. The normalized spacial score (nSPS) is 16.1. The van der Waals surface area contributed by atoms with Crippen LogP contribution in [0.2, 0.25) is 0 Å². The lowest BCUT2D eigenvalue weighted by Gasteiger charge is -2.31. The second-order valence-electron chi connectivity index (χ2n) is 9.54. The average molecular weight is 426 g/mol. The predicted molar refractivity (Wildman–Crippen MR) is 126 cm³/mol. The van der Waals surface area contributed by atoms with Gasteiger partial charge in [0.1, 0.15) is 5.82 Å². The number of anilines is 2. The number of aromatic nitrogens is 2. The van der Waals surface area contributed by atoms with Crippen molar-refractivity contribution in [3.63, 3.8) is 0 Å². The molecule has 31 heavy (non-hydrogen) atoms. The van der Waals surface area contributed by atoms with Crippen LogP contribution in [0.15, 0.2) is 30.5 Å². The average Bonchev–Trinajstić information content (AvgIpc) is 3.15. The number of rotatable bonds is 8. The molecule has 1 aromatic carbocycles. The first-order valence-electron chi connectivity index (χ1n) is 10.8. The number of methoxy groups -OCH3 is 1. The number of carbonyl (C=O) groups is 1. The van der Waals surface area contributed by atoms with Crippen molar-refractivity contribution >= 4 is 23.0 Å². The molecule has 0 spiro atoms. The van der Waals surface area contributed by atoms with Crippen molar-refractivity contribution in [1.29, 1.82) is 0 Å². The summed E-state index contributed by atoms with van der Waals surface area (Å²) in [5.41, 5.74) is 10.0. The van der Waals surface area contributed by atoms with Crippen LogP contribution in [0.25, 0.3) is 5.57 Å². The number of nitrogen functional groups attached to an aromatic ring is 1. The number of H-pyrrole nitrogens is 1. The summed E-state index contributed by atoms with van der Waals surface area (Å²) >= 11 is 0. The number of nitrogens with one attached hydrogen (secondary N) is 3. The van der Waals surface area contributed by atoms with Crippen LogP contribution < -0.4 is 16.4 Å². The lowest BCUT2D eigenvalue weighted by molar-refractivity contribution is 0.101. The standard InChI is InChI=1S/C24H35N5O2/c1-23(2)10-8-16(9-11-23)18-14-17(24(3,4)27-12-13-31-5)6-7-19(18)28-22(30)21-26-15-20(25)29-21/h6-8,14-15,27H,9-13,25H2,1-5H3,(H,26,29)(H,28,30). The first-order chi connectivity index (χ1) is 14.6. The van der Waals surface area contributed by atoms with E-state index in [0.29, 0.717) is 17.8 Å². The van der Waals surface area contributed by atoms with Gasteiger partial charge in [0.2, 0.25) is 0 Å². The Morgan fingerprint density at radius 3 is 2.74 bits per heavy atom. The monoisotopic (exact) mass is 425 g/mol. The molecule has 7 nitrogen and oxygen atoms in total. The number of nitrogens with zero attached hydrogens (tertiary/aromatic N) is 1. The Morgan fingerprint density at radius 1 is 1.35 bits per heavy atom. The summed E-state index contributed by atoms with van der Waals surface area (Å²) in [4.78, 5) is 19.5. The molecular weight excluding hydrogens is 390 g/mol. The molecule has 0 saturated heterocycles. The van der Waals surface area contributed by atoms with Gasteiger partial charge in [-0.2, -0.15) is 0 Å². The first kappa shape index (κ1) is 23.0. The number of carbonyl (C=O) groups excluding carboxylic acids is 1. The van der Waals surface area contributed by atoms with E-state index in [1.807, 2.05) is 6.07 Å². The maximum atomic E-state index is 12.7. The van der Waals surface area contributed by atoms with Crippen molar-refractivity contribution in [2.45, 2.75) is 52.5 Å². The van der Waals surface area contributed by atoms with Gasteiger partial charge < -0.3 is 26.1 Å². The number of benzene rings is 1. The number of aromatic amines is 1. The van der Waals surface area contributed by atoms with Gasteiger partial charge in [-0.3, -0.25) is 4.79 Å². The minimum Gasteiger partial charge on any atom is -0.384 e. The Bertz CT molecular complexity index is 959. The molecule has 5 N–H and O–H groups in total. The summed E-state index contributed by atoms with van der Waals surface area (Å²) in [5, 5.41) is 6.57. The van der Waals surface area contributed by atoms with Crippen molar-refractivity contribution in [3.05, 3.63) is 47.4 Å². The summed E-state index contributed by atoms with van der Waals surface area (Å²) in [6.45, 7) is 10.3. The fraction of sp³-hybridized carbons (Fsp3) is 0.500. The van der Waals surface area contributed by atoms with Gasteiger partial charge in [-0.25, -0.2) is 4.98 Å². The molecule has 1 aromatic heterocycles. The number of amides is 1. The Balaban J connectivity index is 1.94. The Kier molecular flexibility index (Phi) is 6.86. The van der Waals surface area contributed by atoms with Crippen LogP contribution in [-0.2, 0) is 10.3 Å². The molecular formula is C24H35N5O2. The summed E-state index contributed by atoms with van der Waals surface area (Å²) in [6.07, 6.45) is 6.86. The molecule has 0 fully saturated rings. The quantitative estimate of drug-likeness (QED) is 0.472. The molecule has 1 amide bonds. The lowest BCUT2D eigenvalue weighted by Crippen LogP contribution is -2.38. The first-order valence-corrected chi connectivity index (χ1v) is 10.8. The van der Waals surface area contributed by atoms with E-state index in [1.165, 1.54) is 11.8 Å². The van der Waals surface area contributed by atoms with Crippen LogP contribution in [0.5, 0.6) is 0 Å². The van der Waals surface area contributed by atoms with Crippen molar-refractivity contribution < 1.29 is 9.53 Å². The molecule has 0 aliphatic heterocycles. The van der Waals surface area contributed by atoms with E-state index in [4.69, 9.17) is 10.5 Å². The van der Waals surface area contributed by atoms with Gasteiger partial charge in [0, 0.05) is 30.4 Å². The zero-order valence-corrected chi connectivity index (χ0v) is 19.3. The third kappa shape index (κ3) is 5.74. The van der Waals surface area contributed by atoms with Crippen LogP contribution in [0.4, 0.5) is 11.5 Å². The van der Waals surface area contributed by atoms with E-state index in [1.54, 1.807) is 7.11 Å². The third-order valence-electron chi connectivity index (χ3n) is 5.99. The van der Waals surface area contributed by atoms with Crippen LogP contribution in [0.3, 0.4) is 0 Å². The highest BCUT2D eigenvalue weighted by molar-refractivity contribution is 6.03. The Hall–Kier alpha value is -2.64. The van der Waals surface area contributed by atoms with E-state index < -0.39 is 0 Å². The zero-order chi connectivity index (χ0) is 22.6. The van der Waals surface area contributed by atoms with Crippen LogP contribution in [0.1, 0.15) is 68.7 Å². The molecule has 1 heterocycles. The van der Waals surface area contributed by atoms with Gasteiger partial charge >= 0.3 is 0 Å². The Morgan fingerprint density at radius 2 is 2.13 bits per heavy atom. The number of hydrogen-bond acceptors (Lipinski definition) is 5. The van der Waals surface area contributed by atoms with Gasteiger partial charge in [-0.05, 0) is 61.8 Å². The highest BCUT2D eigenvalue weighted by atomic mass is 16.5. The molecule has 2 aromatic rings. The summed E-state index contributed by atoms with van der Waals surface area (Å²) in [7, 11) is 1.70. The van der Waals surface area contributed by atoms with Crippen molar-refractivity contribution in [1.82, 2.24) is 15.3 Å². The Labute approximate surface area is 184 Å². The number of hydrogen-bond donors (Lipinski definition) is 4. The molecule has 7 heteroatoms. The van der Waals surface area contributed by atoms with Crippen molar-refractivity contribution in [2.75, 3.05) is 31.3 Å². The van der Waals surface area contributed by atoms with Crippen LogP contribution >= 0.6 is 0 Å². The summed E-state index contributed by atoms with van der Waals surface area (Å²) in [6, 6.07) is 6.23. The topological polar surface area (TPSA) is 105 Å². The number of allylic oxidation sites excluding steroid dienone is 2. The van der Waals surface area contributed by atoms with Gasteiger partial charge in [-0.1, -0.05) is 26.0 Å². The molecule has 168 valence electrons. The fourth-order valence-corrected chi connectivity index (χ4v) is 3.83. The molecule has 1 aliphatic rings. The van der Waals surface area contributed by atoms with E-state index >= 15 is 0 Å². The van der Waals surface area contributed by atoms with E-state index in [0.717, 1.165) is 42.6 Å². The van der Waals surface area contributed by atoms with Gasteiger partial charge in [-0.15, -0.1) is 0 Å². The molecule has 0 unspecified atom stereocenters. The molecule has 1 aliphatic carbocycles. The van der Waals surface area contributed by atoms with Gasteiger partial charge in [0.25, 0.3) is 5.91 Å². The number of imidazole rings is 1. The van der Waals surface area contributed by atoms with Crippen LogP contribution in [0, 0.1) is 5.41 Å². The van der Waals surface area contributed by atoms with Crippen LogP contribution in [-0.4, -0.2) is 36.1 Å². The van der Waals surface area contributed by atoms with E-state index in [-0.39, 0.29) is 17.3 Å². The largest absolute Gasteiger partial charge is 0.384 e. The smallest absolute Gasteiger partial charge is 0.291 e. The second kappa shape index (κ2) is 9.24. The number of nitrogens with two attached hydrogens (primary N) is 1.